The first-order valence-electron chi connectivity index (χ1n) is 3.36. The molecular formula is C9H8AlOY. The van der Waals surface area contributed by atoms with Crippen LogP contribution in [0.5, 0.6) is 5.75 Å². The van der Waals surface area contributed by atoms with Gasteiger partial charge in [-0.15, -0.1) is 0 Å². The Morgan fingerprint density at radius 3 is 2.67 bits per heavy atom. The summed E-state index contributed by atoms with van der Waals surface area (Å²) in [6, 6.07) is 8.08. The molecular weight excluding hydrogens is 240 g/mol. The first kappa shape index (κ1) is 12.4. The zero-order valence-electron chi connectivity index (χ0n) is 6.73. The molecule has 0 saturated carbocycles. The summed E-state index contributed by atoms with van der Waals surface area (Å²) in [6.45, 7) is 0. The maximum Gasteiger partial charge on any atom is 0.130 e. The summed E-state index contributed by atoms with van der Waals surface area (Å²) in [5, 5.41) is 0. The van der Waals surface area contributed by atoms with E-state index < -0.39 is 0 Å². The molecule has 0 saturated heterocycles. The number of benzene rings is 1. The average Bonchev–Trinajstić information content (AvgIpc) is 2.05. The van der Waals surface area contributed by atoms with Crippen molar-refractivity contribution < 1.29 is 37.4 Å². The number of hydrogen-bond acceptors (Lipinski definition) is 1. The smallest absolute Gasteiger partial charge is 0.130 e. The Balaban J connectivity index is 0.000000605. The van der Waals surface area contributed by atoms with Gasteiger partial charge in [-0.25, -0.2) is 0 Å². The molecule has 0 bridgehead atoms. The van der Waals surface area contributed by atoms with Gasteiger partial charge in [-0.3, -0.25) is 0 Å². The van der Waals surface area contributed by atoms with E-state index in [-0.39, 0.29) is 50.1 Å². The second kappa shape index (κ2) is 5.94. The topological polar surface area (TPSA) is 9.23 Å². The zero-order chi connectivity index (χ0) is 6.81. The maximum atomic E-state index is 5.24. The van der Waals surface area contributed by atoms with E-state index in [0.29, 0.717) is 0 Å². The van der Waals surface area contributed by atoms with Crippen molar-refractivity contribution in [3.05, 3.63) is 42.2 Å². The Morgan fingerprint density at radius 2 is 1.92 bits per heavy atom. The molecule has 0 amide bonds. The molecule has 1 heterocycles. The zero-order valence-corrected chi connectivity index (χ0v) is 10.7. The standard InChI is InChI=1S/C9H8O.Al.Y/c1-2-6-9-8(4-1)5-3-7-10-9;;/h1-4,6-7H,5H2;;. The Labute approximate surface area is 108 Å². The summed E-state index contributed by atoms with van der Waals surface area (Å²) in [7, 11) is 0. The molecule has 4 radical (unpaired) electrons. The predicted octanol–water partition coefficient (Wildman–Crippen LogP) is 1.75. The van der Waals surface area contributed by atoms with Gasteiger partial charge in [0.1, 0.15) is 5.75 Å². The van der Waals surface area contributed by atoms with Crippen LogP contribution in [-0.4, -0.2) is 17.4 Å². The van der Waals surface area contributed by atoms with E-state index in [4.69, 9.17) is 4.74 Å². The third-order valence-corrected chi connectivity index (χ3v) is 1.60. The van der Waals surface area contributed by atoms with Crippen LogP contribution in [0.1, 0.15) is 5.56 Å². The number of hydrogen-bond donors (Lipinski definition) is 0. The van der Waals surface area contributed by atoms with Gasteiger partial charge in [0, 0.05) is 50.1 Å². The summed E-state index contributed by atoms with van der Waals surface area (Å²) < 4.78 is 5.24. The van der Waals surface area contributed by atoms with E-state index in [1.807, 2.05) is 24.3 Å². The minimum absolute atomic E-state index is 0. The van der Waals surface area contributed by atoms with Gasteiger partial charge in [0.05, 0.1) is 6.26 Å². The quantitative estimate of drug-likeness (QED) is 0.635. The summed E-state index contributed by atoms with van der Waals surface area (Å²) in [4.78, 5) is 0. The first-order chi connectivity index (χ1) is 4.97. The third-order valence-electron chi connectivity index (χ3n) is 1.60. The van der Waals surface area contributed by atoms with E-state index in [9.17, 15) is 0 Å². The van der Waals surface area contributed by atoms with Gasteiger partial charge in [-0.05, 0) is 24.1 Å². The second-order valence-corrected chi connectivity index (χ2v) is 2.30. The molecule has 1 aromatic rings. The fourth-order valence-corrected chi connectivity index (χ4v) is 1.08. The number of rotatable bonds is 0. The number of allylic oxidation sites excluding steroid dienone is 1. The predicted molar refractivity (Wildman–Crippen MR) is 45.7 cm³/mol. The van der Waals surface area contributed by atoms with Crippen LogP contribution in [0.4, 0.5) is 0 Å². The van der Waals surface area contributed by atoms with E-state index in [1.54, 1.807) is 6.26 Å². The van der Waals surface area contributed by atoms with Crippen LogP contribution in [0.25, 0.3) is 0 Å². The van der Waals surface area contributed by atoms with Crippen LogP contribution in [0, 0.1) is 0 Å². The minimum atomic E-state index is 0. The molecule has 0 aromatic heterocycles. The largest absolute Gasteiger partial charge is 0.465 e. The van der Waals surface area contributed by atoms with Crippen molar-refractivity contribution in [1.29, 1.82) is 0 Å². The van der Waals surface area contributed by atoms with Crippen molar-refractivity contribution in [3.63, 3.8) is 0 Å². The van der Waals surface area contributed by atoms with E-state index in [1.165, 1.54) is 5.56 Å². The summed E-state index contributed by atoms with van der Waals surface area (Å²) in [6.07, 6.45) is 4.75. The second-order valence-electron chi connectivity index (χ2n) is 2.30. The third kappa shape index (κ3) is 2.71. The van der Waals surface area contributed by atoms with Crippen molar-refractivity contribution in [2.75, 3.05) is 0 Å². The van der Waals surface area contributed by atoms with Gasteiger partial charge in [0.15, 0.2) is 0 Å². The van der Waals surface area contributed by atoms with Gasteiger partial charge in [0.25, 0.3) is 0 Å². The van der Waals surface area contributed by atoms with Crippen molar-refractivity contribution >= 4 is 17.4 Å². The summed E-state index contributed by atoms with van der Waals surface area (Å²) >= 11 is 0. The molecule has 0 atom stereocenters. The number of fused-ring (bicyclic) bond motifs is 1. The Bertz CT molecular complexity index is 246. The Hall–Kier alpha value is 0.396. The molecule has 56 valence electrons. The molecule has 0 unspecified atom stereocenters. The number of ether oxygens (including phenoxy) is 1. The molecule has 0 aliphatic carbocycles. The van der Waals surface area contributed by atoms with Crippen LogP contribution in [-0.2, 0) is 39.1 Å². The monoisotopic (exact) mass is 248 g/mol. The molecule has 2 rings (SSSR count). The average molecular weight is 248 g/mol. The van der Waals surface area contributed by atoms with Gasteiger partial charge in [-0.1, -0.05) is 18.2 Å². The summed E-state index contributed by atoms with van der Waals surface area (Å²) in [5.41, 5.74) is 1.27. The van der Waals surface area contributed by atoms with Crippen LogP contribution >= 0.6 is 0 Å². The maximum absolute atomic E-state index is 5.24. The van der Waals surface area contributed by atoms with Crippen LogP contribution in [0.3, 0.4) is 0 Å². The van der Waals surface area contributed by atoms with Gasteiger partial charge in [-0.2, -0.15) is 0 Å². The fourth-order valence-electron chi connectivity index (χ4n) is 1.08. The van der Waals surface area contributed by atoms with Crippen molar-refractivity contribution in [2.24, 2.45) is 0 Å². The van der Waals surface area contributed by atoms with Gasteiger partial charge < -0.3 is 4.74 Å². The van der Waals surface area contributed by atoms with E-state index in [2.05, 4.69) is 6.07 Å². The molecule has 0 spiro atoms. The molecule has 0 N–H and O–H groups in total. The summed E-state index contributed by atoms with van der Waals surface area (Å²) in [5.74, 6) is 0.991. The van der Waals surface area contributed by atoms with Crippen LogP contribution in [0.2, 0.25) is 0 Å². The number of para-hydroxylation sites is 1. The van der Waals surface area contributed by atoms with E-state index in [0.717, 1.165) is 12.2 Å². The molecule has 0 fully saturated rings. The van der Waals surface area contributed by atoms with Gasteiger partial charge >= 0.3 is 0 Å². The van der Waals surface area contributed by atoms with Crippen molar-refractivity contribution in [2.45, 2.75) is 6.42 Å². The van der Waals surface area contributed by atoms with Crippen LogP contribution < -0.4 is 4.74 Å². The molecule has 12 heavy (non-hydrogen) atoms. The first-order valence-corrected chi connectivity index (χ1v) is 3.36. The fraction of sp³-hybridized carbons (Fsp3) is 0.111. The van der Waals surface area contributed by atoms with E-state index >= 15 is 0 Å². The van der Waals surface area contributed by atoms with Gasteiger partial charge in [0.2, 0.25) is 0 Å². The normalized spacial score (nSPS) is 11.7. The Kier molecular flexibility index (Phi) is 6.14. The molecule has 3 heteroatoms. The van der Waals surface area contributed by atoms with Crippen molar-refractivity contribution in [1.82, 2.24) is 0 Å². The SMILES string of the molecule is C1=COc2ccccc2C1.[Al].[Y]. The van der Waals surface area contributed by atoms with Crippen LogP contribution in [0.15, 0.2) is 36.6 Å². The minimum Gasteiger partial charge on any atom is -0.465 e. The Morgan fingerprint density at radius 1 is 1.17 bits per heavy atom. The molecule has 1 aliphatic heterocycles. The van der Waals surface area contributed by atoms with Crippen molar-refractivity contribution in [3.8, 4) is 5.75 Å². The molecule has 1 aromatic carbocycles. The molecule has 1 nitrogen and oxygen atoms in total. The molecule has 1 aliphatic rings.